The molecule has 212 valence electrons. The normalized spacial score (nSPS) is 14.8. The molecule has 0 radical (unpaired) electrons. The summed E-state index contributed by atoms with van der Waals surface area (Å²) in [5.74, 6) is 2.40. The third-order valence-electron chi connectivity index (χ3n) is 6.69. The SMILES string of the molecule is COc1cc2ncnc(Nc3ccc(S(=O)(=O)Nc4cc(C)on4)cc3)c2cc1OCCCN1CCN(C)CC1. The van der Waals surface area contributed by atoms with Crippen molar-refractivity contribution in [3.8, 4) is 11.5 Å². The Kier molecular flexibility index (Phi) is 8.33. The predicted molar refractivity (Wildman–Crippen MR) is 152 cm³/mol. The zero-order valence-corrected chi connectivity index (χ0v) is 23.6. The molecule has 12 nitrogen and oxygen atoms in total. The third-order valence-corrected chi connectivity index (χ3v) is 8.06. The largest absolute Gasteiger partial charge is 0.493 e. The number of likely N-dealkylation sites (N-methyl/N-ethyl adjacent to an activating group) is 1. The molecule has 1 aliphatic rings. The van der Waals surface area contributed by atoms with Gasteiger partial charge in [0.05, 0.1) is 24.1 Å². The molecule has 0 atom stereocenters. The van der Waals surface area contributed by atoms with E-state index in [1.807, 2.05) is 12.1 Å². The summed E-state index contributed by atoms with van der Waals surface area (Å²) < 4.78 is 44.4. The number of anilines is 3. The minimum Gasteiger partial charge on any atom is -0.493 e. The number of fused-ring (bicyclic) bond motifs is 1. The van der Waals surface area contributed by atoms with E-state index in [0.717, 1.165) is 44.5 Å². The lowest BCUT2D eigenvalue weighted by Crippen LogP contribution is -2.44. The maximum Gasteiger partial charge on any atom is 0.263 e. The van der Waals surface area contributed by atoms with Gasteiger partial charge in [-0.2, -0.15) is 0 Å². The molecule has 0 amide bonds. The lowest BCUT2D eigenvalue weighted by molar-refractivity contribution is 0.145. The van der Waals surface area contributed by atoms with E-state index in [2.05, 4.69) is 42.0 Å². The van der Waals surface area contributed by atoms with Crippen LogP contribution in [0.3, 0.4) is 0 Å². The number of benzene rings is 2. The van der Waals surface area contributed by atoms with Gasteiger partial charge in [0.1, 0.15) is 17.9 Å². The fourth-order valence-corrected chi connectivity index (χ4v) is 5.43. The van der Waals surface area contributed by atoms with Crippen LogP contribution < -0.4 is 19.5 Å². The van der Waals surface area contributed by atoms with Crippen molar-refractivity contribution in [2.24, 2.45) is 0 Å². The Morgan fingerprint density at radius 3 is 2.50 bits per heavy atom. The first-order valence-corrected chi connectivity index (χ1v) is 14.5. The highest BCUT2D eigenvalue weighted by Crippen LogP contribution is 2.35. The third kappa shape index (κ3) is 6.61. The van der Waals surface area contributed by atoms with Gasteiger partial charge in [-0.15, -0.1) is 0 Å². The van der Waals surface area contributed by atoms with Gasteiger partial charge in [0, 0.05) is 55.9 Å². The molecule has 0 spiro atoms. The van der Waals surface area contributed by atoms with Crippen LogP contribution in [-0.4, -0.2) is 86.8 Å². The minimum absolute atomic E-state index is 0.0863. The molecule has 3 heterocycles. The van der Waals surface area contributed by atoms with Crippen LogP contribution in [0.15, 0.2) is 58.2 Å². The van der Waals surface area contributed by atoms with Gasteiger partial charge in [0.25, 0.3) is 10.0 Å². The first kappa shape index (κ1) is 27.6. The second-order valence-electron chi connectivity index (χ2n) is 9.67. The number of sulfonamides is 1. The van der Waals surface area contributed by atoms with Crippen LogP contribution in [0.4, 0.5) is 17.3 Å². The molecule has 1 aliphatic heterocycles. The van der Waals surface area contributed by atoms with Crippen molar-refractivity contribution in [3.63, 3.8) is 0 Å². The van der Waals surface area contributed by atoms with Crippen LogP contribution in [-0.2, 0) is 10.0 Å². The fraction of sp³-hybridized carbons (Fsp3) is 0.370. The number of ether oxygens (including phenoxy) is 2. The van der Waals surface area contributed by atoms with Gasteiger partial charge in [0.15, 0.2) is 17.3 Å². The minimum atomic E-state index is -3.82. The van der Waals surface area contributed by atoms with Gasteiger partial charge in [-0.1, -0.05) is 5.16 Å². The standard InChI is InChI=1S/C27H33N7O5S/c1-19-15-26(31-39-19)32-40(35,36)21-7-5-20(6-8-21)30-27-22-16-25(24(37-3)17-23(22)28-18-29-27)38-14-4-9-34-12-10-33(2)11-13-34/h5-8,15-18H,4,9-14H2,1-3H3,(H,31,32)(H,28,29,30). The maximum absolute atomic E-state index is 12.7. The molecular weight excluding hydrogens is 534 g/mol. The van der Waals surface area contributed by atoms with Crippen LogP contribution >= 0.6 is 0 Å². The summed E-state index contributed by atoms with van der Waals surface area (Å²) in [5.41, 5.74) is 1.34. The average Bonchev–Trinajstić information content (AvgIpc) is 3.35. The quantitative estimate of drug-likeness (QED) is 0.258. The molecule has 5 rings (SSSR count). The predicted octanol–water partition coefficient (Wildman–Crippen LogP) is 3.50. The molecule has 13 heteroatoms. The Bertz CT molecular complexity index is 1550. The molecule has 0 unspecified atom stereocenters. The van der Waals surface area contributed by atoms with Gasteiger partial charge in [-0.05, 0) is 50.7 Å². The van der Waals surface area contributed by atoms with Gasteiger partial charge in [-0.25, -0.2) is 18.4 Å². The summed E-state index contributed by atoms with van der Waals surface area (Å²) in [6, 6.07) is 11.5. The van der Waals surface area contributed by atoms with E-state index >= 15 is 0 Å². The van der Waals surface area contributed by atoms with Crippen molar-refractivity contribution >= 4 is 38.2 Å². The number of aryl methyl sites for hydroxylation is 1. The Balaban J connectivity index is 1.27. The maximum atomic E-state index is 12.7. The van der Waals surface area contributed by atoms with Crippen LogP contribution in [0.5, 0.6) is 11.5 Å². The van der Waals surface area contributed by atoms with E-state index in [0.29, 0.717) is 40.9 Å². The fourth-order valence-electron chi connectivity index (χ4n) is 4.44. The van der Waals surface area contributed by atoms with Gasteiger partial charge in [-0.3, -0.25) is 4.72 Å². The summed E-state index contributed by atoms with van der Waals surface area (Å²) in [4.78, 5) is 13.7. The number of nitrogens with zero attached hydrogens (tertiary/aromatic N) is 5. The van der Waals surface area contributed by atoms with Crippen molar-refractivity contribution in [2.45, 2.75) is 18.2 Å². The van der Waals surface area contributed by atoms with E-state index < -0.39 is 10.0 Å². The van der Waals surface area contributed by atoms with Crippen molar-refractivity contribution in [1.82, 2.24) is 24.9 Å². The van der Waals surface area contributed by atoms with E-state index in [-0.39, 0.29) is 10.7 Å². The molecule has 2 N–H and O–H groups in total. The van der Waals surface area contributed by atoms with Crippen LogP contribution in [0.2, 0.25) is 0 Å². The molecule has 0 saturated carbocycles. The van der Waals surface area contributed by atoms with E-state index in [4.69, 9.17) is 14.0 Å². The van der Waals surface area contributed by atoms with E-state index in [9.17, 15) is 8.42 Å². The summed E-state index contributed by atoms with van der Waals surface area (Å²) in [6.07, 6.45) is 2.37. The molecule has 1 fully saturated rings. The average molecular weight is 568 g/mol. The molecule has 40 heavy (non-hydrogen) atoms. The number of methoxy groups -OCH3 is 1. The molecule has 0 aliphatic carbocycles. The van der Waals surface area contributed by atoms with Crippen LogP contribution in [0, 0.1) is 6.92 Å². The molecular formula is C27H33N7O5S. The summed E-state index contributed by atoms with van der Waals surface area (Å²) in [5, 5.41) is 7.68. The molecule has 1 saturated heterocycles. The van der Waals surface area contributed by atoms with Gasteiger partial charge in [0.2, 0.25) is 0 Å². The number of rotatable bonds is 11. The Labute approximate surface area is 233 Å². The topological polar surface area (TPSA) is 135 Å². The van der Waals surface area contributed by atoms with Crippen molar-refractivity contribution in [3.05, 3.63) is 54.6 Å². The molecule has 2 aromatic heterocycles. The highest BCUT2D eigenvalue weighted by Gasteiger charge is 2.17. The second kappa shape index (κ2) is 12.1. The highest BCUT2D eigenvalue weighted by molar-refractivity contribution is 7.92. The smallest absolute Gasteiger partial charge is 0.263 e. The zero-order valence-electron chi connectivity index (χ0n) is 22.8. The van der Waals surface area contributed by atoms with Crippen LogP contribution in [0.25, 0.3) is 10.9 Å². The number of nitrogens with one attached hydrogen (secondary N) is 2. The van der Waals surface area contributed by atoms with Crippen molar-refractivity contribution in [1.29, 1.82) is 0 Å². The Morgan fingerprint density at radius 1 is 1.02 bits per heavy atom. The monoisotopic (exact) mass is 567 g/mol. The zero-order chi connectivity index (χ0) is 28.1. The Morgan fingerprint density at radius 2 is 1.80 bits per heavy atom. The molecule has 4 aromatic rings. The number of hydrogen-bond acceptors (Lipinski definition) is 11. The summed E-state index contributed by atoms with van der Waals surface area (Å²) in [7, 11) is -0.0641. The second-order valence-corrected chi connectivity index (χ2v) is 11.3. The van der Waals surface area contributed by atoms with E-state index in [1.165, 1.54) is 24.5 Å². The number of hydrogen-bond donors (Lipinski definition) is 2. The lowest BCUT2D eigenvalue weighted by Gasteiger charge is -2.32. The first-order valence-electron chi connectivity index (χ1n) is 13.0. The van der Waals surface area contributed by atoms with Crippen LogP contribution in [0.1, 0.15) is 12.2 Å². The molecule has 0 bridgehead atoms. The summed E-state index contributed by atoms with van der Waals surface area (Å²) in [6.45, 7) is 7.56. The van der Waals surface area contributed by atoms with E-state index in [1.54, 1.807) is 26.2 Å². The molecule has 2 aromatic carbocycles. The van der Waals surface area contributed by atoms with Crippen molar-refractivity contribution < 1.29 is 22.4 Å². The lowest BCUT2D eigenvalue weighted by atomic mass is 10.2. The van der Waals surface area contributed by atoms with Gasteiger partial charge < -0.3 is 29.1 Å². The Hall–Kier alpha value is -3.94. The van der Waals surface area contributed by atoms with Crippen molar-refractivity contribution in [2.75, 3.05) is 63.5 Å². The number of aromatic nitrogens is 3. The summed E-state index contributed by atoms with van der Waals surface area (Å²) >= 11 is 0. The highest BCUT2D eigenvalue weighted by atomic mass is 32.2. The van der Waals surface area contributed by atoms with Gasteiger partial charge >= 0.3 is 0 Å². The number of piperazine rings is 1. The first-order chi connectivity index (χ1) is 19.3.